The average Bonchev–Trinajstić information content (AvgIpc) is 3.33. The van der Waals surface area contributed by atoms with Crippen LogP contribution in [0.15, 0.2) is 42.5 Å². The van der Waals surface area contributed by atoms with Gasteiger partial charge in [0.15, 0.2) is 0 Å². The van der Waals surface area contributed by atoms with Crippen LogP contribution in [0.2, 0.25) is 0 Å². The molecule has 2 heterocycles. The number of ether oxygens (including phenoxy) is 2. The van der Waals surface area contributed by atoms with Gasteiger partial charge in [-0.3, -0.25) is 9.59 Å². The van der Waals surface area contributed by atoms with Crippen molar-refractivity contribution in [2.45, 2.75) is 13.0 Å². The Bertz CT molecular complexity index is 775. The predicted molar refractivity (Wildman–Crippen MR) is 84.0 cm³/mol. The molecule has 1 fully saturated rings. The molecule has 0 radical (unpaired) electrons. The lowest BCUT2D eigenvalue weighted by molar-refractivity contribution is 0.0926. The third-order valence-corrected chi connectivity index (χ3v) is 3.93. The molecule has 23 heavy (non-hydrogen) atoms. The molecular formula is C18H15NO4. The summed E-state index contributed by atoms with van der Waals surface area (Å²) in [5.74, 6) is 0.0346. The van der Waals surface area contributed by atoms with Gasteiger partial charge >= 0.3 is 0 Å². The van der Waals surface area contributed by atoms with Crippen LogP contribution >= 0.6 is 0 Å². The van der Waals surface area contributed by atoms with E-state index >= 15 is 0 Å². The number of epoxide rings is 1. The summed E-state index contributed by atoms with van der Waals surface area (Å²) in [5, 5.41) is 0. The lowest BCUT2D eigenvalue weighted by Gasteiger charge is -2.16. The fourth-order valence-electron chi connectivity index (χ4n) is 2.72. The van der Waals surface area contributed by atoms with Crippen LogP contribution in [0.1, 0.15) is 26.3 Å². The predicted octanol–water partition coefficient (Wildman–Crippen LogP) is 2.57. The molecule has 0 saturated carbocycles. The number of nitrogens with zero attached hydrogens (tertiary/aromatic N) is 1. The number of rotatable bonds is 4. The number of imide groups is 1. The Morgan fingerprint density at radius 2 is 1.78 bits per heavy atom. The molecule has 5 nitrogen and oxygen atoms in total. The second-order valence-electron chi connectivity index (χ2n) is 5.76. The number of benzene rings is 2. The highest BCUT2D eigenvalue weighted by molar-refractivity contribution is 6.34. The van der Waals surface area contributed by atoms with E-state index < -0.39 is 0 Å². The van der Waals surface area contributed by atoms with Crippen LogP contribution in [0, 0.1) is 6.92 Å². The minimum absolute atomic E-state index is 0.151. The van der Waals surface area contributed by atoms with Gasteiger partial charge in [0, 0.05) is 6.07 Å². The molecule has 1 atom stereocenters. The Kier molecular flexibility index (Phi) is 3.16. The topological polar surface area (TPSA) is 59.1 Å². The normalized spacial score (nSPS) is 19.0. The summed E-state index contributed by atoms with van der Waals surface area (Å²) in [5.41, 5.74) is 2.33. The summed E-state index contributed by atoms with van der Waals surface area (Å²) >= 11 is 0. The zero-order chi connectivity index (χ0) is 16.0. The molecule has 0 aliphatic carbocycles. The second-order valence-corrected chi connectivity index (χ2v) is 5.76. The fraction of sp³-hybridized carbons (Fsp3) is 0.222. The SMILES string of the molecule is Cc1cc(OCC2CO2)cc(N2C(=O)c3ccccc3C2=O)c1. The van der Waals surface area contributed by atoms with Crippen LogP contribution in [0.3, 0.4) is 0 Å². The van der Waals surface area contributed by atoms with E-state index in [4.69, 9.17) is 9.47 Å². The Morgan fingerprint density at radius 3 is 2.39 bits per heavy atom. The summed E-state index contributed by atoms with van der Waals surface area (Å²) in [4.78, 5) is 26.3. The van der Waals surface area contributed by atoms with E-state index in [1.54, 1.807) is 30.3 Å². The Morgan fingerprint density at radius 1 is 1.13 bits per heavy atom. The van der Waals surface area contributed by atoms with Crippen molar-refractivity contribution < 1.29 is 19.1 Å². The van der Waals surface area contributed by atoms with Crippen LogP contribution < -0.4 is 9.64 Å². The first kappa shape index (κ1) is 14.0. The van der Waals surface area contributed by atoms with Crippen molar-refractivity contribution in [3.05, 3.63) is 59.2 Å². The first-order chi connectivity index (χ1) is 11.1. The molecule has 2 aliphatic rings. The van der Waals surface area contributed by atoms with E-state index in [0.29, 0.717) is 29.2 Å². The van der Waals surface area contributed by atoms with Crippen molar-refractivity contribution >= 4 is 17.5 Å². The number of anilines is 1. The number of amides is 2. The van der Waals surface area contributed by atoms with Gasteiger partial charge in [-0.05, 0) is 36.8 Å². The first-order valence-corrected chi connectivity index (χ1v) is 7.47. The van der Waals surface area contributed by atoms with Gasteiger partial charge in [0.1, 0.15) is 18.5 Å². The number of fused-ring (bicyclic) bond motifs is 1. The van der Waals surface area contributed by atoms with Crippen LogP contribution in [-0.2, 0) is 4.74 Å². The maximum Gasteiger partial charge on any atom is 0.266 e. The van der Waals surface area contributed by atoms with Gasteiger partial charge in [0.2, 0.25) is 0 Å². The van der Waals surface area contributed by atoms with Crippen LogP contribution in [0.5, 0.6) is 5.75 Å². The molecule has 5 heteroatoms. The molecule has 0 aromatic heterocycles. The molecular weight excluding hydrogens is 294 g/mol. The third kappa shape index (κ3) is 2.49. The van der Waals surface area contributed by atoms with Crippen LogP contribution in [-0.4, -0.2) is 31.1 Å². The number of hydrogen-bond acceptors (Lipinski definition) is 4. The van der Waals surface area contributed by atoms with E-state index in [1.165, 1.54) is 4.90 Å². The molecule has 2 aromatic rings. The Hall–Kier alpha value is -2.66. The Labute approximate surface area is 133 Å². The summed E-state index contributed by atoms with van der Waals surface area (Å²) < 4.78 is 10.8. The third-order valence-electron chi connectivity index (χ3n) is 3.93. The van der Waals surface area contributed by atoms with Gasteiger partial charge in [0.05, 0.1) is 23.4 Å². The maximum absolute atomic E-state index is 12.6. The number of hydrogen-bond donors (Lipinski definition) is 0. The minimum Gasteiger partial charge on any atom is -0.491 e. The van der Waals surface area contributed by atoms with Crippen molar-refractivity contribution in [1.29, 1.82) is 0 Å². The van der Waals surface area contributed by atoms with Gasteiger partial charge < -0.3 is 9.47 Å². The van der Waals surface area contributed by atoms with E-state index in [9.17, 15) is 9.59 Å². The highest BCUT2D eigenvalue weighted by atomic mass is 16.6. The van der Waals surface area contributed by atoms with E-state index in [0.717, 1.165) is 12.2 Å². The van der Waals surface area contributed by atoms with Crippen molar-refractivity contribution in [1.82, 2.24) is 0 Å². The summed E-state index contributed by atoms with van der Waals surface area (Å²) in [6.45, 7) is 3.10. The molecule has 1 unspecified atom stereocenters. The number of aryl methyl sites for hydroxylation is 1. The molecule has 0 N–H and O–H groups in total. The van der Waals surface area contributed by atoms with Crippen molar-refractivity contribution in [3.8, 4) is 5.75 Å². The number of carbonyl (C=O) groups is 2. The standard InChI is InChI=1S/C18H15NO4/c1-11-6-12(8-13(7-11)22-9-14-10-23-14)19-17(20)15-4-2-3-5-16(15)18(19)21/h2-8,14H,9-10H2,1H3. The molecule has 2 aromatic carbocycles. The van der Waals surface area contributed by atoms with Gasteiger partial charge in [-0.15, -0.1) is 0 Å². The molecule has 4 rings (SSSR count). The van der Waals surface area contributed by atoms with Crippen molar-refractivity contribution in [2.24, 2.45) is 0 Å². The lowest BCUT2D eigenvalue weighted by Crippen LogP contribution is -2.29. The summed E-state index contributed by atoms with van der Waals surface area (Å²) in [7, 11) is 0. The lowest BCUT2D eigenvalue weighted by atomic mass is 10.1. The molecule has 2 aliphatic heterocycles. The highest BCUT2D eigenvalue weighted by Crippen LogP contribution is 2.31. The smallest absolute Gasteiger partial charge is 0.266 e. The van der Waals surface area contributed by atoms with Crippen molar-refractivity contribution in [2.75, 3.05) is 18.1 Å². The zero-order valence-corrected chi connectivity index (χ0v) is 12.6. The van der Waals surface area contributed by atoms with Gasteiger partial charge in [-0.2, -0.15) is 0 Å². The van der Waals surface area contributed by atoms with Crippen LogP contribution in [0.4, 0.5) is 5.69 Å². The van der Waals surface area contributed by atoms with E-state index in [2.05, 4.69) is 0 Å². The van der Waals surface area contributed by atoms with Gasteiger partial charge in [0.25, 0.3) is 11.8 Å². The van der Waals surface area contributed by atoms with Crippen LogP contribution in [0.25, 0.3) is 0 Å². The average molecular weight is 309 g/mol. The summed E-state index contributed by atoms with van der Waals surface area (Å²) in [6, 6.07) is 12.3. The summed E-state index contributed by atoms with van der Waals surface area (Å²) in [6.07, 6.45) is 0.151. The second kappa shape index (κ2) is 5.21. The molecule has 0 spiro atoms. The minimum atomic E-state index is -0.298. The van der Waals surface area contributed by atoms with E-state index in [-0.39, 0.29) is 17.9 Å². The monoisotopic (exact) mass is 309 g/mol. The highest BCUT2D eigenvalue weighted by Gasteiger charge is 2.36. The Balaban J connectivity index is 1.67. The fourth-order valence-corrected chi connectivity index (χ4v) is 2.72. The maximum atomic E-state index is 12.6. The van der Waals surface area contributed by atoms with E-state index in [1.807, 2.05) is 19.1 Å². The molecule has 2 amide bonds. The van der Waals surface area contributed by atoms with Gasteiger partial charge in [-0.1, -0.05) is 12.1 Å². The largest absolute Gasteiger partial charge is 0.491 e. The van der Waals surface area contributed by atoms with Gasteiger partial charge in [-0.25, -0.2) is 4.90 Å². The molecule has 116 valence electrons. The number of carbonyl (C=O) groups excluding carboxylic acids is 2. The quantitative estimate of drug-likeness (QED) is 0.643. The first-order valence-electron chi connectivity index (χ1n) is 7.47. The molecule has 1 saturated heterocycles. The van der Waals surface area contributed by atoms with Crippen molar-refractivity contribution in [3.63, 3.8) is 0 Å². The molecule has 0 bridgehead atoms. The zero-order valence-electron chi connectivity index (χ0n) is 12.6.